The molecule has 1 saturated carbocycles. The number of aromatic nitrogens is 2. The Morgan fingerprint density at radius 3 is 2.63 bits per heavy atom. The van der Waals surface area contributed by atoms with Gasteiger partial charge in [0, 0.05) is 50.1 Å². The molecule has 3 heterocycles. The summed E-state index contributed by atoms with van der Waals surface area (Å²) in [6.45, 7) is 3.76. The van der Waals surface area contributed by atoms with E-state index in [4.69, 9.17) is 14.7 Å². The van der Waals surface area contributed by atoms with Crippen LogP contribution in [-0.2, 0) is 17.7 Å². The Hall–Kier alpha value is -1.00. The lowest BCUT2D eigenvalue weighted by molar-refractivity contribution is 0.0834. The molecule has 2 aliphatic heterocycles. The average Bonchev–Trinajstić information content (AvgIpc) is 3.32. The van der Waals surface area contributed by atoms with E-state index in [9.17, 15) is 0 Å². The lowest BCUT2D eigenvalue weighted by Gasteiger charge is -2.25. The Morgan fingerprint density at radius 1 is 1.00 bits per heavy atom. The van der Waals surface area contributed by atoms with Crippen LogP contribution in [-0.4, -0.2) is 29.7 Å². The number of ether oxygens (including phenoxy) is 1. The third-order valence-corrected chi connectivity index (χ3v) is 4.53. The molecule has 2 fully saturated rings. The molecule has 4 rings (SSSR count). The molecule has 1 saturated heterocycles. The summed E-state index contributed by atoms with van der Waals surface area (Å²) in [5, 5.41) is 3.46. The van der Waals surface area contributed by atoms with Crippen LogP contribution >= 0.6 is 0 Å². The van der Waals surface area contributed by atoms with Gasteiger partial charge in [-0.1, -0.05) is 0 Å². The molecule has 1 aromatic heterocycles. The highest BCUT2D eigenvalue weighted by Gasteiger charge is 2.32. The standard InChI is InChI=1S/C15H21N3O/c1-2-10(1)14-12-9-16-6-3-13(12)17-15(18-14)11-4-7-19-8-5-11/h10-11,16H,1-9H2. The van der Waals surface area contributed by atoms with Gasteiger partial charge in [-0.05, 0) is 25.7 Å². The molecule has 0 spiro atoms. The molecule has 1 aliphatic carbocycles. The third kappa shape index (κ3) is 2.28. The second kappa shape index (κ2) is 4.84. The predicted octanol–water partition coefficient (Wildman–Crippen LogP) is 1.89. The fraction of sp³-hybridized carbons (Fsp3) is 0.733. The topological polar surface area (TPSA) is 47.0 Å². The quantitative estimate of drug-likeness (QED) is 0.881. The third-order valence-electron chi connectivity index (χ3n) is 4.53. The molecular weight excluding hydrogens is 238 g/mol. The van der Waals surface area contributed by atoms with Gasteiger partial charge in [0.05, 0.1) is 11.4 Å². The summed E-state index contributed by atoms with van der Waals surface area (Å²) in [6, 6.07) is 0. The Bertz CT molecular complexity index is 479. The van der Waals surface area contributed by atoms with E-state index in [-0.39, 0.29) is 0 Å². The number of hydrogen-bond acceptors (Lipinski definition) is 4. The zero-order chi connectivity index (χ0) is 12.7. The number of fused-ring (bicyclic) bond motifs is 1. The van der Waals surface area contributed by atoms with Gasteiger partial charge in [0.1, 0.15) is 5.82 Å². The smallest absolute Gasteiger partial charge is 0.132 e. The molecule has 4 heteroatoms. The normalized spacial score (nSPS) is 24.2. The highest BCUT2D eigenvalue weighted by molar-refractivity contribution is 5.33. The lowest BCUT2D eigenvalue weighted by Crippen LogP contribution is -2.28. The minimum Gasteiger partial charge on any atom is -0.381 e. The summed E-state index contributed by atoms with van der Waals surface area (Å²) in [4.78, 5) is 9.87. The van der Waals surface area contributed by atoms with Crippen molar-refractivity contribution in [3.63, 3.8) is 0 Å². The van der Waals surface area contributed by atoms with E-state index < -0.39 is 0 Å². The fourth-order valence-electron chi connectivity index (χ4n) is 3.22. The first-order valence-corrected chi connectivity index (χ1v) is 7.60. The number of nitrogens with zero attached hydrogens (tertiary/aromatic N) is 2. The van der Waals surface area contributed by atoms with Crippen LogP contribution < -0.4 is 5.32 Å². The molecule has 19 heavy (non-hydrogen) atoms. The molecule has 0 atom stereocenters. The van der Waals surface area contributed by atoms with Crippen LogP contribution in [0.5, 0.6) is 0 Å². The van der Waals surface area contributed by atoms with Crippen molar-refractivity contribution in [1.82, 2.24) is 15.3 Å². The van der Waals surface area contributed by atoms with E-state index in [1.165, 1.54) is 29.8 Å². The maximum Gasteiger partial charge on any atom is 0.132 e. The number of hydrogen-bond donors (Lipinski definition) is 1. The molecule has 1 aromatic rings. The van der Waals surface area contributed by atoms with Crippen LogP contribution in [0.15, 0.2) is 0 Å². The molecule has 102 valence electrons. The van der Waals surface area contributed by atoms with Crippen LogP contribution in [0.25, 0.3) is 0 Å². The van der Waals surface area contributed by atoms with Crippen molar-refractivity contribution in [3.8, 4) is 0 Å². The molecule has 0 bridgehead atoms. The number of rotatable bonds is 2. The maximum atomic E-state index is 5.46. The maximum absolute atomic E-state index is 5.46. The summed E-state index contributed by atoms with van der Waals surface area (Å²) >= 11 is 0. The van der Waals surface area contributed by atoms with Crippen molar-refractivity contribution < 1.29 is 4.74 Å². The first-order chi connectivity index (χ1) is 9.42. The molecule has 0 radical (unpaired) electrons. The average molecular weight is 259 g/mol. The summed E-state index contributed by atoms with van der Waals surface area (Å²) in [6.07, 6.45) is 5.86. The SMILES string of the molecule is C1Cc2nc(C3CCOCC3)nc(C3CC3)c2CN1. The second-order valence-electron chi connectivity index (χ2n) is 5.98. The van der Waals surface area contributed by atoms with Crippen molar-refractivity contribution in [2.75, 3.05) is 19.8 Å². The molecule has 3 aliphatic rings. The van der Waals surface area contributed by atoms with Crippen molar-refractivity contribution in [2.45, 2.75) is 50.5 Å². The van der Waals surface area contributed by atoms with Crippen LogP contribution in [0, 0.1) is 0 Å². The molecule has 1 N–H and O–H groups in total. The summed E-state index contributed by atoms with van der Waals surface area (Å²) in [7, 11) is 0. The molecule has 0 aromatic carbocycles. The monoisotopic (exact) mass is 259 g/mol. The lowest BCUT2D eigenvalue weighted by atomic mass is 9.97. The Kier molecular flexibility index (Phi) is 3.00. The van der Waals surface area contributed by atoms with Crippen molar-refractivity contribution >= 4 is 0 Å². The number of nitrogens with one attached hydrogen (secondary N) is 1. The molecule has 0 unspecified atom stereocenters. The second-order valence-corrected chi connectivity index (χ2v) is 5.98. The van der Waals surface area contributed by atoms with Crippen molar-refractivity contribution in [1.29, 1.82) is 0 Å². The van der Waals surface area contributed by atoms with E-state index in [0.29, 0.717) is 5.92 Å². The fourth-order valence-corrected chi connectivity index (χ4v) is 3.22. The predicted molar refractivity (Wildman–Crippen MR) is 72.2 cm³/mol. The zero-order valence-corrected chi connectivity index (χ0v) is 11.3. The summed E-state index contributed by atoms with van der Waals surface area (Å²) in [5.74, 6) is 2.34. The minimum absolute atomic E-state index is 0.520. The van der Waals surface area contributed by atoms with Gasteiger partial charge in [0.25, 0.3) is 0 Å². The van der Waals surface area contributed by atoms with Crippen LogP contribution in [0.2, 0.25) is 0 Å². The van der Waals surface area contributed by atoms with Gasteiger partial charge in [0.15, 0.2) is 0 Å². The van der Waals surface area contributed by atoms with E-state index >= 15 is 0 Å². The van der Waals surface area contributed by atoms with Crippen molar-refractivity contribution in [3.05, 3.63) is 22.8 Å². The highest BCUT2D eigenvalue weighted by atomic mass is 16.5. The summed E-state index contributed by atoms with van der Waals surface area (Å²) < 4.78 is 5.46. The van der Waals surface area contributed by atoms with Gasteiger partial charge in [0.2, 0.25) is 0 Å². The Morgan fingerprint density at radius 2 is 1.84 bits per heavy atom. The van der Waals surface area contributed by atoms with Crippen LogP contribution in [0.3, 0.4) is 0 Å². The van der Waals surface area contributed by atoms with E-state index in [1.54, 1.807) is 0 Å². The highest BCUT2D eigenvalue weighted by Crippen LogP contribution is 2.42. The largest absolute Gasteiger partial charge is 0.381 e. The van der Waals surface area contributed by atoms with Gasteiger partial charge >= 0.3 is 0 Å². The van der Waals surface area contributed by atoms with Gasteiger partial charge < -0.3 is 10.1 Å². The first-order valence-electron chi connectivity index (χ1n) is 7.60. The Balaban J connectivity index is 1.72. The van der Waals surface area contributed by atoms with Gasteiger partial charge in [-0.15, -0.1) is 0 Å². The van der Waals surface area contributed by atoms with E-state index in [2.05, 4.69) is 5.32 Å². The first kappa shape index (κ1) is 11.8. The molecular formula is C15H21N3O. The van der Waals surface area contributed by atoms with Gasteiger partial charge in [-0.3, -0.25) is 0 Å². The molecule has 0 amide bonds. The van der Waals surface area contributed by atoms with Gasteiger partial charge in [-0.2, -0.15) is 0 Å². The minimum atomic E-state index is 0.520. The van der Waals surface area contributed by atoms with E-state index in [1.807, 2.05) is 0 Å². The zero-order valence-electron chi connectivity index (χ0n) is 11.3. The van der Waals surface area contributed by atoms with Crippen LogP contribution in [0.4, 0.5) is 0 Å². The van der Waals surface area contributed by atoms with Gasteiger partial charge in [-0.25, -0.2) is 9.97 Å². The van der Waals surface area contributed by atoms with Crippen molar-refractivity contribution in [2.24, 2.45) is 0 Å². The van der Waals surface area contributed by atoms with Crippen LogP contribution in [0.1, 0.15) is 60.3 Å². The Labute approximate surface area is 114 Å². The molecule has 4 nitrogen and oxygen atoms in total. The van der Waals surface area contributed by atoms with E-state index in [0.717, 1.165) is 57.3 Å². The summed E-state index contributed by atoms with van der Waals surface area (Å²) in [5.41, 5.74) is 4.08.